The molecule has 2 saturated heterocycles. The Morgan fingerprint density at radius 3 is 1.35 bits per heavy atom. The molecular formula is C70H95F2N15O10. The zero-order chi connectivity index (χ0) is 71.4. The number of ether oxygens (including phenoxy) is 1. The first-order valence-corrected chi connectivity index (χ1v) is 32.9. The molecule has 0 radical (unpaired) electrons. The molecule has 97 heavy (non-hydrogen) atoms. The Hall–Kier alpha value is -9.43. The van der Waals surface area contributed by atoms with Gasteiger partial charge in [0.15, 0.2) is 0 Å². The van der Waals surface area contributed by atoms with E-state index in [0.29, 0.717) is 43.7 Å². The van der Waals surface area contributed by atoms with Crippen molar-refractivity contribution in [3.63, 3.8) is 0 Å². The molecule has 6 aromatic rings. The molecule has 0 unspecified atom stereocenters. The number of halogens is 2. The number of likely N-dealkylation sites (tertiary alicyclic amines) is 2. The van der Waals surface area contributed by atoms with Crippen LogP contribution in [0.25, 0.3) is 11.6 Å². The Morgan fingerprint density at radius 1 is 0.608 bits per heavy atom. The molecule has 4 aromatic heterocycles. The smallest absolute Gasteiger partial charge is 0.410 e. The van der Waals surface area contributed by atoms with Crippen molar-refractivity contribution in [1.29, 1.82) is 0 Å². The van der Waals surface area contributed by atoms with Gasteiger partial charge in [-0.1, -0.05) is 79.7 Å². The average molecular weight is 1340 g/mol. The summed E-state index contributed by atoms with van der Waals surface area (Å²) in [7, 11) is 1.46. The van der Waals surface area contributed by atoms with Crippen LogP contribution in [0.4, 0.5) is 13.6 Å². The fourth-order valence-electron chi connectivity index (χ4n) is 11.6. The first-order chi connectivity index (χ1) is 45.5. The number of carbonyl (C=O) groups is 9. The predicted molar refractivity (Wildman–Crippen MR) is 359 cm³/mol. The lowest BCUT2D eigenvalue weighted by atomic mass is 9.85. The van der Waals surface area contributed by atoms with Gasteiger partial charge in [0.2, 0.25) is 47.0 Å². The monoisotopic (exact) mass is 1340 g/mol. The van der Waals surface area contributed by atoms with Crippen LogP contribution in [0.1, 0.15) is 148 Å². The first-order valence-electron chi connectivity index (χ1n) is 32.9. The summed E-state index contributed by atoms with van der Waals surface area (Å²) < 4.78 is 36.0. The maximum Gasteiger partial charge on any atom is 0.410 e. The van der Waals surface area contributed by atoms with Crippen molar-refractivity contribution in [2.75, 3.05) is 46.3 Å². The molecule has 2 aliphatic rings. The van der Waals surface area contributed by atoms with E-state index in [0.717, 1.165) is 11.1 Å². The van der Waals surface area contributed by atoms with Crippen LogP contribution < -0.4 is 21.3 Å². The summed E-state index contributed by atoms with van der Waals surface area (Å²) >= 11 is 0. The lowest BCUT2D eigenvalue weighted by molar-refractivity contribution is -0.141. The Morgan fingerprint density at radius 2 is 1.00 bits per heavy atom. The van der Waals surface area contributed by atoms with Crippen LogP contribution in [0.3, 0.4) is 0 Å². The van der Waals surface area contributed by atoms with E-state index in [2.05, 4.69) is 41.2 Å². The molecular weight excluding hydrogens is 1250 g/mol. The molecule has 25 nitrogen and oxygen atoms in total. The summed E-state index contributed by atoms with van der Waals surface area (Å²) in [5, 5.41) is 11.7. The standard InChI is InChI=1S/C37H51FN8O6.C33H44FN7O4/c1-23(43(9)35(51)52-37(6,7)8)31(48)42-30(36(3,4)5)33(50)46-20-27(40-24(2)47)19-28(46)21-44(18-15-25-11-13-26(38)14-12-25)32(49)29-22-45-17-10-16-39-34(45)41-29;1-7-21(2)29(43)38-28(33(4,5)6)31(45)41-18-25(36-22(3)42)17-26(41)19-39(16-13-23-9-11-24(34)12-10-23)30(44)27-20-40-15-8-14-35-32(40)37-27/h10-14,16-17,22-23,27-28,30H,15,18-21H2,1-9H3,(H,40,47)(H,42,48);8-12,14-15,20-21,25-26,28H,7,13,16-19H2,1-6H3,(H,36,42)(H,38,43)/t23-,27-,28-,30+;21-,25+,26+,28-/m01/s1. The van der Waals surface area contributed by atoms with Gasteiger partial charge in [-0.15, -0.1) is 0 Å². The maximum atomic E-state index is 14.6. The number of nitrogens with zero attached hydrogens (tertiary/aromatic N) is 11. The molecule has 6 heterocycles. The van der Waals surface area contributed by atoms with Crippen LogP contribution in [-0.4, -0.2) is 201 Å². The summed E-state index contributed by atoms with van der Waals surface area (Å²) in [4.78, 5) is 145. The topological polar surface area (TPSA) is 288 Å². The van der Waals surface area contributed by atoms with E-state index >= 15 is 0 Å². The third-order valence-corrected chi connectivity index (χ3v) is 17.2. The number of hydrogen-bond acceptors (Lipinski definition) is 14. The van der Waals surface area contributed by atoms with Crippen molar-refractivity contribution in [2.45, 2.75) is 177 Å². The average Bonchev–Trinajstić information content (AvgIpc) is 1.71. The molecule has 0 spiro atoms. The zero-order valence-electron chi connectivity index (χ0n) is 58.4. The highest BCUT2D eigenvalue weighted by Gasteiger charge is 2.46. The van der Waals surface area contributed by atoms with Crippen LogP contribution in [-0.2, 0) is 46.3 Å². The van der Waals surface area contributed by atoms with Crippen LogP contribution in [0.2, 0.25) is 0 Å². The third-order valence-electron chi connectivity index (χ3n) is 17.2. The number of aromatic nitrogens is 6. The number of carbonyl (C=O) groups excluding carboxylic acids is 9. The van der Waals surface area contributed by atoms with E-state index in [4.69, 9.17) is 4.74 Å². The number of benzene rings is 2. The van der Waals surface area contributed by atoms with Crippen molar-refractivity contribution in [3.8, 4) is 0 Å². The highest BCUT2D eigenvalue weighted by molar-refractivity contribution is 5.95. The van der Waals surface area contributed by atoms with Gasteiger partial charge in [-0.3, -0.25) is 52.1 Å². The molecule has 2 fully saturated rings. The fourth-order valence-corrected chi connectivity index (χ4v) is 11.6. The van der Waals surface area contributed by atoms with E-state index in [1.807, 2.05) is 55.4 Å². The second kappa shape index (κ2) is 32.1. The van der Waals surface area contributed by atoms with Crippen LogP contribution in [0.5, 0.6) is 0 Å². The van der Waals surface area contributed by atoms with Gasteiger partial charge < -0.3 is 45.6 Å². The molecule has 8 atom stereocenters. The Labute approximate surface area is 565 Å². The molecule has 8 rings (SSSR count). The van der Waals surface area contributed by atoms with Gasteiger partial charge in [-0.25, -0.2) is 33.5 Å². The van der Waals surface area contributed by atoms with Crippen LogP contribution in [0, 0.1) is 28.4 Å². The summed E-state index contributed by atoms with van der Waals surface area (Å²) in [5.74, 6) is -2.85. The molecule has 0 bridgehead atoms. The van der Waals surface area contributed by atoms with E-state index in [1.54, 1.807) is 130 Å². The number of likely N-dealkylation sites (N-methyl/N-ethyl adjacent to an activating group) is 1. The Balaban J connectivity index is 0.000000276. The number of fused-ring (bicyclic) bond motifs is 2. The van der Waals surface area contributed by atoms with Crippen molar-refractivity contribution >= 4 is 64.9 Å². The summed E-state index contributed by atoms with van der Waals surface area (Å²) in [6, 6.07) is 11.1. The van der Waals surface area contributed by atoms with Gasteiger partial charge in [0.25, 0.3) is 11.8 Å². The lowest BCUT2D eigenvalue weighted by Gasteiger charge is -2.38. The summed E-state index contributed by atoms with van der Waals surface area (Å²) in [6.07, 6.45) is 11.4. The van der Waals surface area contributed by atoms with Crippen molar-refractivity contribution in [1.82, 2.24) is 74.5 Å². The first kappa shape index (κ1) is 75.0. The minimum Gasteiger partial charge on any atom is -0.444 e. The molecule has 27 heteroatoms. The number of nitrogens with one attached hydrogen (secondary N) is 4. The molecule has 2 aliphatic heterocycles. The maximum absolute atomic E-state index is 14.6. The second-order valence-electron chi connectivity index (χ2n) is 28.4. The van der Waals surface area contributed by atoms with Crippen LogP contribution >= 0.6 is 0 Å². The minimum atomic E-state index is -1.03. The zero-order valence-corrected chi connectivity index (χ0v) is 58.4. The van der Waals surface area contributed by atoms with E-state index in [9.17, 15) is 51.9 Å². The van der Waals surface area contributed by atoms with Gasteiger partial charge in [-0.05, 0) is 118 Å². The summed E-state index contributed by atoms with van der Waals surface area (Å²) in [6.45, 7) is 25.6. The highest BCUT2D eigenvalue weighted by atomic mass is 19.1. The molecule has 0 saturated carbocycles. The van der Waals surface area contributed by atoms with Gasteiger partial charge >= 0.3 is 6.09 Å². The van der Waals surface area contributed by atoms with Gasteiger partial charge in [0.05, 0.1) is 12.1 Å². The van der Waals surface area contributed by atoms with E-state index in [-0.39, 0.29) is 110 Å². The molecule has 4 N–H and O–H groups in total. The quantitative estimate of drug-likeness (QED) is 0.0552. The third kappa shape index (κ3) is 20.6. The van der Waals surface area contributed by atoms with Gasteiger partial charge in [0, 0.05) is 115 Å². The summed E-state index contributed by atoms with van der Waals surface area (Å²) in [5.41, 5.74) is -0.107. The van der Waals surface area contributed by atoms with Crippen molar-refractivity contribution < 1.29 is 56.7 Å². The predicted octanol–water partition coefficient (Wildman–Crippen LogP) is 6.68. The molecule has 0 aliphatic carbocycles. The minimum absolute atomic E-state index is 0.0890. The Kier molecular flexibility index (Phi) is 24.8. The molecule has 2 aromatic carbocycles. The lowest BCUT2D eigenvalue weighted by Crippen LogP contribution is -2.60. The number of amides is 9. The SMILES string of the molecule is CC(=O)N[C@H]1C[C@@H](CN(CCc2ccc(F)cc2)C(=O)c2cn3cccnc3n2)N(C(=O)[C@@H](NC(=O)[C@H](C)N(C)C(=O)OC(C)(C)C)C(C)(C)C)C1.CC[C@@H](C)C(=O)N[C@H](C(=O)N1C[C@@H](NC(C)=O)C[C@H]1CN(CCc1ccc(F)cc1)C(=O)c1cn2cccnc2n1)C(C)(C)C. The normalized spacial score (nSPS) is 17.6. The number of imidazole rings is 2. The van der Waals surface area contributed by atoms with E-state index < -0.39 is 70.6 Å². The van der Waals surface area contributed by atoms with Gasteiger partial charge in [0.1, 0.15) is 46.7 Å². The molecule has 9 amide bonds. The van der Waals surface area contributed by atoms with Gasteiger partial charge in [-0.2, -0.15) is 0 Å². The Bertz CT molecular complexity index is 3700. The van der Waals surface area contributed by atoms with E-state index in [1.165, 1.54) is 50.1 Å². The highest BCUT2D eigenvalue weighted by Crippen LogP contribution is 2.30. The van der Waals surface area contributed by atoms with Crippen LogP contribution in [0.15, 0.2) is 97.8 Å². The van der Waals surface area contributed by atoms with Crippen molar-refractivity contribution in [2.24, 2.45) is 16.7 Å². The number of hydrogen-bond donors (Lipinski definition) is 4. The second-order valence-corrected chi connectivity index (χ2v) is 28.4. The van der Waals surface area contributed by atoms with Crippen molar-refractivity contribution in [3.05, 3.63) is 132 Å². The molecule has 524 valence electrons. The fraction of sp³-hybridized carbons (Fsp3) is 0.529. The largest absolute Gasteiger partial charge is 0.444 e. The number of rotatable bonds is 22.